The number of carbonyl (C=O) groups excluding carboxylic acids is 1. The summed E-state index contributed by atoms with van der Waals surface area (Å²) in [6, 6.07) is -3.52. The SMILES string of the molecule is NC(=O)CC[C@H](NC(C(=O)O)C(=O)O)C(=O)O.[Na].[Na].[Na].[Na]. The van der Waals surface area contributed by atoms with Crippen molar-refractivity contribution in [3.63, 3.8) is 0 Å². The number of hydrogen-bond acceptors (Lipinski definition) is 5. The molecular weight excluding hydrogens is 328 g/mol. The van der Waals surface area contributed by atoms with Crippen molar-refractivity contribution in [1.82, 2.24) is 5.32 Å². The van der Waals surface area contributed by atoms with Crippen molar-refractivity contribution in [2.45, 2.75) is 24.9 Å². The van der Waals surface area contributed by atoms with Gasteiger partial charge in [-0.1, -0.05) is 0 Å². The Morgan fingerprint density at radius 1 is 0.857 bits per heavy atom. The average Bonchev–Trinajstić information content (AvgIpc) is 2.15. The smallest absolute Gasteiger partial charge is 0.332 e. The Morgan fingerprint density at radius 2 is 1.24 bits per heavy atom. The number of carboxylic acids is 3. The van der Waals surface area contributed by atoms with E-state index < -0.39 is 35.9 Å². The molecule has 0 saturated heterocycles. The van der Waals surface area contributed by atoms with Crippen LogP contribution >= 0.6 is 0 Å². The van der Waals surface area contributed by atoms with E-state index in [4.69, 9.17) is 21.1 Å². The predicted octanol–water partition coefficient (Wildman–Crippen LogP) is -3.69. The molecule has 0 aromatic heterocycles. The molecule has 0 aliphatic rings. The molecule has 0 aromatic carbocycles. The summed E-state index contributed by atoms with van der Waals surface area (Å²) in [7, 11) is 0. The zero-order valence-electron chi connectivity index (χ0n) is 12.6. The molecule has 0 heterocycles. The first-order valence-corrected chi connectivity index (χ1v) is 4.48. The van der Waals surface area contributed by atoms with E-state index in [-0.39, 0.29) is 131 Å². The number of hydrogen-bond donors (Lipinski definition) is 5. The number of aliphatic carboxylic acids is 3. The normalized spacial score (nSPS) is 9.76. The maximum absolute atomic E-state index is 10.7. The molecule has 0 fully saturated rings. The zero-order valence-corrected chi connectivity index (χ0v) is 20.6. The van der Waals surface area contributed by atoms with Crippen LogP contribution in [0.25, 0.3) is 0 Å². The van der Waals surface area contributed by atoms with Crippen LogP contribution in [0.5, 0.6) is 0 Å². The molecule has 4 radical (unpaired) electrons. The van der Waals surface area contributed by atoms with Gasteiger partial charge in [0.05, 0.1) is 0 Å². The van der Waals surface area contributed by atoms with Gasteiger partial charge in [0.2, 0.25) is 11.9 Å². The summed E-state index contributed by atoms with van der Waals surface area (Å²) in [5, 5.41) is 27.6. The van der Waals surface area contributed by atoms with Crippen molar-refractivity contribution in [2.75, 3.05) is 0 Å². The molecule has 1 amide bonds. The molecule has 9 nitrogen and oxygen atoms in total. The molecule has 0 saturated carbocycles. The quantitative estimate of drug-likeness (QED) is 0.222. The number of carbonyl (C=O) groups is 4. The summed E-state index contributed by atoms with van der Waals surface area (Å²) in [5.74, 6) is -5.66. The molecule has 6 N–H and O–H groups in total. The second-order valence-electron chi connectivity index (χ2n) is 3.17. The zero-order chi connectivity index (χ0) is 13.6. The van der Waals surface area contributed by atoms with E-state index in [1.807, 2.05) is 5.32 Å². The first-order chi connectivity index (χ1) is 7.75. The molecule has 13 heteroatoms. The summed E-state index contributed by atoms with van der Waals surface area (Å²) in [5.41, 5.74) is 4.80. The van der Waals surface area contributed by atoms with Crippen LogP contribution in [0.1, 0.15) is 12.8 Å². The van der Waals surface area contributed by atoms with Gasteiger partial charge in [-0.25, -0.2) is 9.59 Å². The number of nitrogens with two attached hydrogens (primary N) is 1. The minimum atomic E-state index is -2.05. The third-order valence-electron chi connectivity index (χ3n) is 1.84. The Kier molecular flexibility index (Phi) is 29.6. The van der Waals surface area contributed by atoms with Gasteiger partial charge < -0.3 is 21.1 Å². The number of carboxylic acid groups (broad SMARTS) is 3. The fourth-order valence-electron chi connectivity index (χ4n) is 1.01. The fraction of sp³-hybridized carbons (Fsp3) is 0.500. The predicted molar refractivity (Wildman–Crippen MR) is 75.1 cm³/mol. The van der Waals surface area contributed by atoms with Gasteiger partial charge in [-0.2, -0.15) is 0 Å². The van der Waals surface area contributed by atoms with Gasteiger partial charge in [-0.15, -0.1) is 0 Å². The Bertz CT molecular complexity index is 342. The van der Waals surface area contributed by atoms with E-state index in [2.05, 4.69) is 0 Å². The van der Waals surface area contributed by atoms with Crippen LogP contribution in [0.15, 0.2) is 0 Å². The topological polar surface area (TPSA) is 167 Å². The molecule has 0 aliphatic carbocycles. The van der Waals surface area contributed by atoms with Crippen LogP contribution in [0.3, 0.4) is 0 Å². The van der Waals surface area contributed by atoms with Crippen LogP contribution < -0.4 is 11.1 Å². The van der Waals surface area contributed by atoms with Crippen molar-refractivity contribution in [3.05, 3.63) is 0 Å². The summed E-state index contributed by atoms with van der Waals surface area (Å²) in [6.07, 6.45) is -0.586. The number of nitrogens with one attached hydrogen (secondary N) is 1. The minimum Gasteiger partial charge on any atom is -0.480 e. The fourth-order valence-corrected chi connectivity index (χ4v) is 1.01. The van der Waals surface area contributed by atoms with E-state index in [1.165, 1.54) is 0 Å². The first-order valence-electron chi connectivity index (χ1n) is 4.48. The maximum Gasteiger partial charge on any atom is 0.332 e. The first kappa shape index (κ1) is 34.2. The Hall–Kier alpha value is 1.84. The standard InChI is InChI=1S/C8H12N2O7.4Na/c9-4(11)2-1-3(6(12)13)10-5(7(14)15)8(16)17;;;;/h3,5,10H,1-2H2,(H2,9,11)(H,12,13)(H,14,15)(H,16,17);;;;/t3-;;;;/m0..../s1. The summed E-state index contributed by atoms with van der Waals surface area (Å²) >= 11 is 0. The summed E-state index contributed by atoms with van der Waals surface area (Å²) in [6.45, 7) is 0. The molecule has 100 valence electrons. The van der Waals surface area contributed by atoms with Crippen LogP contribution in [-0.4, -0.2) is 169 Å². The second-order valence-corrected chi connectivity index (χ2v) is 3.17. The third kappa shape index (κ3) is 16.5. The Balaban J connectivity index is -0.000000213. The van der Waals surface area contributed by atoms with Crippen molar-refractivity contribution >= 4 is 142 Å². The van der Waals surface area contributed by atoms with E-state index in [1.54, 1.807) is 0 Å². The Labute approximate surface area is 209 Å². The second kappa shape index (κ2) is 18.2. The molecule has 0 unspecified atom stereocenters. The van der Waals surface area contributed by atoms with E-state index in [9.17, 15) is 19.2 Å². The van der Waals surface area contributed by atoms with Crippen LogP contribution in [-0.2, 0) is 19.2 Å². The van der Waals surface area contributed by atoms with Gasteiger partial charge in [0, 0.05) is 125 Å². The molecule has 21 heavy (non-hydrogen) atoms. The van der Waals surface area contributed by atoms with Crippen LogP contribution in [0.4, 0.5) is 0 Å². The van der Waals surface area contributed by atoms with Gasteiger partial charge in [0.25, 0.3) is 0 Å². The van der Waals surface area contributed by atoms with E-state index >= 15 is 0 Å². The van der Waals surface area contributed by atoms with Gasteiger partial charge in [-0.3, -0.25) is 14.9 Å². The molecule has 0 aromatic rings. The Morgan fingerprint density at radius 3 is 1.48 bits per heavy atom. The van der Waals surface area contributed by atoms with Gasteiger partial charge >= 0.3 is 17.9 Å². The summed E-state index contributed by atoms with van der Waals surface area (Å²) < 4.78 is 0. The van der Waals surface area contributed by atoms with Crippen molar-refractivity contribution in [2.24, 2.45) is 5.73 Å². The molecule has 0 bridgehead atoms. The van der Waals surface area contributed by atoms with Gasteiger partial charge in [-0.05, 0) is 6.42 Å². The largest absolute Gasteiger partial charge is 0.480 e. The molecule has 0 spiro atoms. The van der Waals surface area contributed by atoms with Gasteiger partial charge in [0.1, 0.15) is 6.04 Å². The maximum atomic E-state index is 10.7. The molecule has 1 atom stereocenters. The van der Waals surface area contributed by atoms with E-state index in [0.717, 1.165) is 0 Å². The number of primary amides is 1. The van der Waals surface area contributed by atoms with Crippen molar-refractivity contribution in [3.8, 4) is 0 Å². The molecular formula is C8H12N2Na4O7. The van der Waals surface area contributed by atoms with Crippen molar-refractivity contribution in [1.29, 1.82) is 0 Å². The monoisotopic (exact) mass is 340 g/mol. The number of rotatable bonds is 8. The number of amides is 1. The van der Waals surface area contributed by atoms with Crippen molar-refractivity contribution < 1.29 is 34.5 Å². The van der Waals surface area contributed by atoms with Crippen LogP contribution in [0.2, 0.25) is 0 Å². The third-order valence-corrected chi connectivity index (χ3v) is 1.84. The van der Waals surface area contributed by atoms with E-state index in [0.29, 0.717) is 0 Å². The van der Waals surface area contributed by atoms with Gasteiger partial charge in [0.15, 0.2) is 0 Å². The molecule has 0 rings (SSSR count). The molecule has 0 aliphatic heterocycles. The average molecular weight is 340 g/mol. The van der Waals surface area contributed by atoms with Crippen LogP contribution in [0, 0.1) is 0 Å². The summed E-state index contributed by atoms with van der Waals surface area (Å²) in [4.78, 5) is 42.2. The minimum absolute atomic E-state index is 0.